The molecule has 0 aromatic rings. The topological polar surface area (TPSA) is 72.8 Å². The number of aliphatic hydroxyl groups excluding tert-OH is 1. The van der Waals surface area contributed by atoms with Crippen molar-refractivity contribution in [3.63, 3.8) is 0 Å². The molecule has 0 aromatic heterocycles. The van der Waals surface area contributed by atoms with E-state index >= 15 is 0 Å². The van der Waals surface area contributed by atoms with Crippen molar-refractivity contribution >= 4 is 11.9 Å². The van der Waals surface area contributed by atoms with E-state index in [1.54, 1.807) is 0 Å². The second-order valence-electron chi connectivity index (χ2n) is 4.51. The summed E-state index contributed by atoms with van der Waals surface area (Å²) >= 11 is 0. The number of hydrogen-bond donors (Lipinski definition) is 1. The molecule has 0 saturated heterocycles. The van der Waals surface area contributed by atoms with Crippen LogP contribution in [0.15, 0.2) is 25.3 Å². The molecule has 0 aliphatic rings. The van der Waals surface area contributed by atoms with Crippen LogP contribution in [0.1, 0.15) is 26.7 Å². The molecule has 0 amide bonds. The van der Waals surface area contributed by atoms with Gasteiger partial charge in [0.15, 0.2) is 12.2 Å². The summed E-state index contributed by atoms with van der Waals surface area (Å²) in [5.74, 6) is -1.33. The minimum atomic E-state index is -1.31. The van der Waals surface area contributed by atoms with Crippen LogP contribution in [-0.2, 0) is 19.1 Å². The Morgan fingerprint density at radius 1 is 1.21 bits per heavy atom. The molecule has 0 aliphatic carbocycles. The number of hydrogen-bond acceptors (Lipinski definition) is 5. The van der Waals surface area contributed by atoms with Gasteiger partial charge in [0.1, 0.15) is 6.61 Å². The van der Waals surface area contributed by atoms with E-state index in [0.29, 0.717) is 6.42 Å². The molecule has 0 bridgehead atoms. The lowest BCUT2D eigenvalue weighted by Crippen LogP contribution is -2.34. The van der Waals surface area contributed by atoms with Crippen molar-refractivity contribution in [1.29, 1.82) is 0 Å². The Kier molecular flexibility index (Phi) is 8.53. The highest BCUT2D eigenvalue weighted by molar-refractivity contribution is 5.81. The average Bonchev–Trinajstić information content (AvgIpc) is 2.34. The number of ether oxygens (including phenoxy) is 2. The van der Waals surface area contributed by atoms with Crippen molar-refractivity contribution in [1.82, 2.24) is 0 Å². The molecule has 19 heavy (non-hydrogen) atoms. The van der Waals surface area contributed by atoms with Crippen LogP contribution in [0.4, 0.5) is 0 Å². The van der Waals surface area contributed by atoms with Crippen molar-refractivity contribution in [2.45, 2.75) is 38.9 Å². The summed E-state index contributed by atoms with van der Waals surface area (Å²) in [6.07, 6.45) is 0.932. The van der Waals surface area contributed by atoms with Gasteiger partial charge in [-0.25, -0.2) is 9.59 Å². The fourth-order valence-electron chi connectivity index (χ4n) is 1.33. The fraction of sp³-hybridized carbons (Fsp3) is 0.571. The SMILES string of the molecule is C=CCOC(=O)[C@H](CC(C)C)OC(=O)[C@@H](O)CC=C. The van der Waals surface area contributed by atoms with Crippen LogP contribution in [0.3, 0.4) is 0 Å². The number of carbonyl (C=O) groups excluding carboxylic acids is 2. The van der Waals surface area contributed by atoms with Crippen LogP contribution in [0, 0.1) is 5.92 Å². The Balaban J connectivity index is 4.57. The fourth-order valence-corrected chi connectivity index (χ4v) is 1.33. The van der Waals surface area contributed by atoms with Crippen LogP contribution >= 0.6 is 0 Å². The van der Waals surface area contributed by atoms with Gasteiger partial charge < -0.3 is 14.6 Å². The van der Waals surface area contributed by atoms with Crippen LogP contribution in [0.2, 0.25) is 0 Å². The molecule has 2 atom stereocenters. The minimum absolute atomic E-state index is 0.0557. The van der Waals surface area contributed by atoms with Gasteiger partial charge in [-0.05, 0) is 12.3 Å². The summed E-state index contributed by atoms with van der Waals surface area (Å²) in [6.45, 7) is 10.7. The number of carbonyl (C=O) groups is 2. The second kappa shape index (κ2) is 9.33. The van der Waals surface area contributed by atoms with Crippen molar-refractivity contribution in [3.8, 4) is 0 Å². The molecule has 108 valence electrons. The maximum absolute atomic E-state index is 11.7. The molecule has 0 saturated carbocycles. The first-order chi connectivity index (χ1) is 8.92. The summed E-state index contributed by atoms with van der Waals surface area (Å²) in [6, 6.07) is 0. The lowest BCUT2D eigenvalue weighted by Gasteiger charge is -2.19. The lowest BCUT2D eigenvalue weighted by molar-refractivity contribution is -0.173. The summed E-state index contributed by atoms with van der Waals surface area (Å²) in [5.41, 5.74) is 0. The van der Waals surface area contributed by atoms with E-state index in [9.17, 15) is 14.7 Å². The highest BCUT2D eigenvalue weighted by Crippen LogP contribution is 2.12. The van der Waals surface area contributed by atoms with Gasteiger partial charge >= 0.3 is 11.9 Å². The maximum Gasteiger partial charge on any atom is 0.347 e. The Morgan fingerprint density at radius 3 is 2.32 bits per heavy atom. The van der Waals surface area contributed by atoms with Gasteiger partial charge in [-0.3, -0.25) is 0 Å². The van der Waals surface area contributed by atoms with Crippen LogP contribution in [-0.4, -0.2) is 35.9 Å². The molecular formula is C14H22O5. The summed E-state index contributed by atoms with van der Waals surface area (Å²) in [7, 11) is 0. The van der Waals surface area contributed by atoms with Crippen LogP contribution in [0.5, 0.6) is 0 Å². The molecule has 0 fully saturated rings. The molecular weight excluding hydrogens is 248 g/mol. The third-order valence-electron chi connectivity index (χ3n) is 2.21. The molecule has 5 heteroatoms. The van der Waals surface area contributed by atoms with Gasteiger partial charge in [0, 0.05) is 6.42 Å². The quantitative estimate of drug-likeness (QED) is 0.509. The van der Waals surface area contributed by atoms with Crippen molar-refractivity contribution in [2.75, 3.05) is 6.61 Å². The zero-order chi connectivity index (χ0) is 14.8. The Morgan fingerprint density at radius 2 is 1.84 bits per heavy atom. The third kappa shape index (κ3) is 7.41. The Hall–Kier alpha value is -1.62. The molecule has 0 radical (unpaired) electrons. The van der Waals surface area contributed by atoms with E-state index < -0.39 is 24.1 Å². The molecule has 5 nitrogen and oxygen atoms in total. The first kappa shape index (κ1) is 17.4. The average molecular weight is 270 g/mol. The van der Waals surface area contributed by atoms with E-state index in [2.05, 4.69) is 13.2 Å². The van der Waals surface area contributed by atoms with Gasteiger partial charge in [0.05, 0.1) is 0 Å². The normalized spacial score (nSPS) is 13.5. The predicted octanol–water partition coefficient (Wildman–Crippen LogP) is 1.61. The van der Waals surface area contributed by atoms with Crippen molar-refractivity contribution < 1.29 is 24.2 Å². The van der Waals surface area contributed by atoms with E-state index in [1.165, 1.54) is 12.2 Å². The van der Waals surface area contributed by atoms with E-state index in [-0.39, 0.29) is 18.9 Å². The van der Waals surface area contributed by atoms with E-state index in [0.717, 1.165) is 0 Å². The lowest BCUT2D eigenvalue weighted by atomic mass is 10.1. The zero-order valence-electron chi connectivity index (χ0n) is 11.5. The van der Waals surface area contributed by atoms with Gasteiger partial charge in [0.25, 0.3) is 0 Å². The van der Waals surface area contributed by atoms with Crippen LogP contribution in [0.25, 0.3) is 0 Å². The summed E-state index contributed by atoms with van der Waals surface area (Å²) in [5, 5.41) is 9.44. The zero-order valence-corrected chi connectivity index (χ0v) is 11.5. The molecule has 0 heterocycles. The summed E-state index contributed by atoms with van der Waals surface area (Å²) < 4.78 is 9.85. The Labute approximate surface area is 113 Å². The largest absolute Gasteiger partial charge is 0.459 e. The molecule has 0 rings (SSSR count). The molecule has 0 spiro atoms. The van der Waals surface area contributed by atoms with Crippen LogP contribution < -0.4 is 0 Å². The highest BCUT2D eigenvalue weighted by atomic mass is 16.6. The maximum atomic E-state index is 11.7. The Bertz CT molecular complexity index is 322. The number of aliphatic hydroxyl groups is 1. The van der Waals surface area contributed by atoms with Crippen molar-refractivity contribution in [3.05, 3.63) is 25.3 Å². The van der Waals surface area contributed by atoms with Gasteiger partial charge in [-0.2, -0.15) is 0 Å². The molecule has 0 aliphatic heterocycles. The smallest absolute Gasteiger partial charge is 0.347 e. The van der Waals surface area contributed by atoms with Gasteiger partial charge in [-0.1, -0.05) is 32.6 Å². The molecule has 0 aromatic carbocycles. The monoisotopic (exact) mass is 270 g/mol. The first-order valence-corrected chi connectivity index (χ1v) is 6.19. The number of rotatable bonds is 9. The molecule has 0 unspecified atom stereocenters. The van der Waals surface area contributed by atoms with E-state index in [4.69, 9.17) is 9.47 Å². The third-order valence-corrected chi connectivity index (χ3v) is 2.21. The highest BCUT2D eigenvalue weighted by Gasteiger charge is 2.27. The number of esters is 2. The van der Waals surface area contributed by atoms with E-state index in [1.807, 2.05) is 13.8 Å². The first-order valence-electron chi connectivity index (χ1n) is 6.19. The second-order valence-corrected chi connectivity index (χ2v) is 4.51. The minimum Gasteiger partial charge on any atom is -0.459 e. The van der Waals surface area contributed by atoms with Gasteiger partial charge in [0.2, 0.25) is 0 Å². The molecule has 1 N–H and O–H groups in total. The standard InChI is InChI=1S/C14H22O5/c1-5-7-11(15)13(16)19-12(9-10(3)4)14(17)18-8-6-2/h5-6,10-12,15H,1-2,7-9H2,3-4H3/t11-,12-/m0/s1. The summed E-state index contributed by atoms with van der Waals surface area (Å²) in [4.78, 5) is 23.3. The van der Waals surface area contributed by atoms with Gasteiger partial charge in [-0.15, -0.1) is 6.58 Å². The predicted molar refractivity (Wildman–Crippen MR) is 71.3 cm³/mol. The van der Waals surface area contributed by atoms with Crippen molar-refractivity contribution in [2.24, 2.45) is 5.92 Å².